The summed E-state index contributed by atoms with van der Waals surface area (Å²) in [6.45, 7) is 7.86. The lowest BCUT2D eigenvalue weighted by molar-refractivity contribution is -0.123. The molecule has 1 aliphatic carbocycles. The van der Waals surface area contributed by atoms with Gasteiger partial charge in [0.1, 0.15) is 23.5 Å². The van der Waals surface area contributed by atoms with Gasteiger partial charge in [0.15, 0.2) is 5.69 Å². The average molecular weight is 450 g/mol. The third-order valence-electron chi connectivity index (χ3n) is 5.77. The Balaban J connectivity index is 2.02. The number of allylic oxidation sites excluding steroid dienone is 4. The van der Waals surface area contributed by atoms with Crippen molar-refractivity contribution in [3.8, 4) is 0 Å². The summed E-state index contributed by atoms with van der Waals surface area (Å²) in [5, 5.41) is 5.44. The van der Waals surface area contributed by atoms with Crippen molar-refractivity contribution in [3.05, 3.63) is 34.9 Å². The molecule has 0 unspecified atom stereocenters. The molecule has 0 radical (unpaired) electrons. The summed E-state index contributed by atoms with van der Waals surface area (Å²) in [7, 11) is 3.49. The van der Waals surface area contributed by atoms with Crippen LogP contribution in [0.1, 0.15) is 68.5 Å². The van der Waals surface area contributed by atoms with Crippen LogP contribution in [0.4, 0.5) is 8.78 Å². The van der Waals surface area contributed by atoms with Crippen LogP contribution in [-0.4, -0.2) is 52.9 Å². The number of nitrogens with one attached hydrogen (secondary N) is 2. The van der Waals surface area contributed by atoms with Crippen LogP contribution in [0.3, 0.4) is 0 Å². The highest BCUT2D eigenvalue weighted by Crippen LogP contribution is 2.34. The number of rotatable bonds is 5. The van der Waals surface area contributed by atoms with Gasteiger partial charge in [-0.25, -0.2) is 13.8 Å². The SMILES string of the molecule is CNC(=O)[C@H](CC(C)(C)C)NC(=O)c1nc(C2=C(F)C=C(F)CC2)n2c1CN(C)CCC2. The highest BCUT2D eigenvalue weighted by Gasteiger charge is 2.32. The monoisotopic (exact) mass is 449 g/mol. The number of carbonyl (C=O) groups is 2. The molecule has 2 aliphatic rings. The van der Waals surface area contributed by atoms with Crippen LogP contribution < -0.4 is 10.6 Å². The smallest absolute Gasteiger partial charge is 0.272 e. The molecule has 0 saturated carbocycles. The Bertz CT molecular complexity index is 958. The van der Waals surface area contributed by atoms with Crippen molar-refractivity contribution >= 4 is 17.4 Å². The molecule has 0 bridgehead atoms. The van der Waals surface area contributed by atoms with Crippen LogP contribution in [0.15, 0.2) is 17.7 Å². The molecule has 9 heteroatoms. The van der Waals surface area contributed by atoms with Crippen molar-refractivity contribution in [2.45, 2.75) is 65.6 Å². The molecular formula is C23H33F2N5O2. The van der Waals surface area contributed by atoms with E-state index in [0.29, 0.717) is 36.6 Å². The number of amides is 2. The van der Waals surface area contributed by atoms with Gasteiger partial charge in [0.25, 0.3) is 5.91 Å². The van der Waals surface area contributed by atoms with E-state index in [1.165, 1.54) is 7.05 Å². The van der Waals surface area contributed by atoms with Gasteiger partial charge < -0.3 is 20.1 Å². The van der Waals surface area contributed by atoms with Gasteiger partial charge in [-0.2, -0.15) is 0 Å². The van der Waals surface area contributed by atoms with Gasteiger partial charge in [-0.1, -0.05) is 20.8 Å². The molecule has 1 aliphatic heterocycles. The Kier molecular flexibility index (Phi) is 7.17. The standard InChI is InChI=1S/C23H33F2N5O2/c1-23(2,3)12-17(21(31)26-4)27-22(32)19-18-13-29(5)9-6-10-30(18)20(28-19)15-8-7-14(24)11-16(15)25/h11,17H,6-10,12-13H2,1-5H3,(H,26,31)(H,27,32)/t17-/m0/s1. The second-order valence-corrected chi connectivity index (χ2v) is 9.80. The van der Waals surface area contributed by atoms with Crippen molar-refractivity contribution in [1.29, 1.82) is 0 Å². The molecule has 0 saturated heterocycles. The van der Waals surface area contributed by atoms with Gasteiger partial charge in [-0.15, -0.1) is 0 Å². The van der Waals surface area contributed by atoms with E-state index >= 15 is 0 Å². The molecule has 0 fully saturated rings. The molecule has 3 rings (SSSR count). The number of carbonyl (C=O) groups excluding carboxylic acids is 2. The predicted octanol–water partition coefficient (Wildman–Crippen LogP) is 3.33. The Morgan fingerprint density at radius 1 is 1.22 bits per heavy atom. The number of imidazole rings is 1. The van der Waals surface area contributed by atoms with E-state index in [1.54, 1.807) is 0 Å². The summed E-state index contributed by atoms with van der Waals surface area (Å²) in [5.74, 6) is -1.53. The first-order valence-electron chi connectivity index (χ1n) is 11.1. The van der Waals surface area contributed by atoms with Gasteiger partial charge in [0.2, 0.25) is 5.91 Å². The van der Waals surface area contributed by atoms with Gasteiger partial charge in [-0.3, -0.25) is 9.59 Å². The Hall–Kier alpha value is -2.55. The largest absolute Gasteiger partial charge is 0.357 e. The highest BCUT2D eigenvalue weighted by atomic mass is 19.1. The minimum absolute atomic E-state index is 0.108. The first kappa shape index (κ1) is 24.1. The summed E-state index contributed by atoms with van der Waals surface area (Å²) in [6.07, 6.45) is 2.46. The van der Waals surface area contributed by atoms with Gasteiger partial charge in [-0.05, 0) is 38.3 Å². The fourth-order valence-corrected chi connectivity index (χ4v) is 4.23. The lowest BCUT2D eigenvalue weighted by Crippen LogP contribution is -2.47. The maximum absolute atomic E-state index is 14.6. The van der Waals surface area contributed by atoms with E-state index in [4.69, 9.17) is 0 Å². The molecule has 1 aromatic rings. The summed E-state index contributed by atoms with van der Waals surface area (Å²) in [4.78, 5) is 32.4. The van der Waals surface area contributed by atoms with Crippen LogP contribution in [0.25, 0.3) is 5.57 Å². The van der Waals surface area contributed by atoms with Crippen molar-refractivity contribution in [1.82, 2.24) is 25.1 Å². The number of hydrogen-bond donors (Lipinski definition) is 2. The molecule has 0 spiro atoms. The number of fused-ring (bicyclic) bond motifs is 1. The van der Waals surface area contributed by atoms with Crippen LogP contribution in [0, 0.1) is 5.41 Å². The first-order valence-corrected chi connectivity index (χ1v) is 11.1. The normalized spacial score (nSPS) is 18.5. The Labute approximate surface area is 187 Å². The zero-order valence-corrected chi connectivity index (χ0v) is 19.5. The van der Waals surface area contributed by atoms with Crippen molar-refractivity contribution < 1.29 is 18.4 Å². The lowest BCUT2D eigenvalue weighted by Gasteiger charge is -2.25. The summed E-state index contributed by atoms with van der Waals surface area (Å²) >= 11 is 0. The molecule has 2 amide bonds. The van der Waals surface area contributed by atoms with E-state index in [2.05, 4.69) is 20.5 Å². The molecule has 1 aromatic heterocycles. The molecule has 7 nitrogen and oxygen atoms in total. The highest BCUT2D eigenvalue weighted by molar-refractivity contribution is 5.97. The molecule has 2 N–H and O–H groups in total. The van der Waals surface area contributed by atoms with Crippen LogP contribution in [0.2, 0.25) is 0 Å². The topological polar surface area (TPSA) is 79.3 Å². The van der Waals surface area contributed by atoms with Crippen molar-refractivity contribution in [3.63, 3.8) is 0 Å². The van der Waals surface area contributed by atoms with E-state index in [1.807, 2.05) is 32.4 Å². The maximum atomic E-state index is 14.6. The zero-order chi connectivity index (χ0) is 23.6. The fraction of sp³-hybridized carbons (Fsp3) is 0.609. The van der Waals surface area contributed by atoms with Crippen LogP contribution in [-0.2, 0) is 17.9 Å². The number of aromatic nitrogens is 2. The Morgan fingerprint density at radius 2 is 1.94 bits per heavy atom. The number of halogens is 2. The molecular weight excluding hydrogens is 416 g/mol. The van der Waals surface area contributed by atoms with E-state index < -0.39 is 23.6 Å². The minimum Gasteiger partial charge on any atom is -0.357 e. The second kappa shape index (κ2) is 9.52. The molecule has 1 atom stereocenters. The number of hydrogen-bond acceptors (Lipinski definition) is 4. The second-order valence-electron chi connectivity index (χ2n) is 9.80. The maximum Gasteiger partial charge on any atom is 0.272 e. The van der Waals surface area contributed by atoms with Crippen molar-refractivity contribution in [2.24, 2.45) is 5.41 Å². The van der Waals surface area contributed by atoms with E-state index in [-0.39, 0.29) is 29.9 Å². The fourth-order valence-electron chi connectivity index (χ4n) is 4.23. The van der Waals surface area contributed by atoms with Crippen molar-refractivity contribution in [2.75, 3.05) is 20.6 Å². The summed E-state index contributed by atoms with van der Waals surface area (Å²) in [5.41, 5.74) is 0.993. The minimum atomic E-state index is -0.723. The average Bonchev–Trinajstić information content (AvgIpc) is 2.92. The lowest BCUT2D eigenvalue weighted by atomic mass is 9.87. The van der Waals surface area contributed by atoms with Gasteiger partial charge in [0.05, 0.1) is 5.69 Å². The first-order chi connectivity index (χ1) is 15.0. The van der Waals surface area contributed by atoms with Gasteiger partial charge >= 0.3 is 0 Å². The predicted molar refractivity (Wildman–Crippen MR) is 119 cm³/mol. The molecule has 0 aromatic carbocycles. The van der Waals surface area contributed by atoms with Crippen LogP contribution >= 0.6 is 0 Å². The summed E-state index contributed by atoms with van der Waals surface area (Å²) in [6, 6.07) is -0.723. The molecule has 32 heavy (non-hydrogen) atoms. The summed E-state index contributed by atoms with van der Waals surface area (Å²) < 4.78 is 30.1. The molecule has 176 valence electrons. The van der Waals surface area contributed by atoms with Crippen LogP contribution in [0.5, 0.6) is 0 Å². The van der Waals surface area contributed by atoms with E-state index in [0.717, 1.165) is 19.0 Å². The third kappa shape index (κ3) is 5.43. The number of nitrogens with zero attached hydrogens (tertiary/aromatic N) is 3. The quantitative estimate of drug-likeness (QED) is 0.723. The van der Waals surface area contributed by atoms with Gasteiger partial charge in [0, 0.05) is 38.2 Å². The third-order valence-corrected chi connectivity index (χ3v) is 5.77. The van der Waals surface area contributed by atoms with E-state index in [9.17, 15) is 18.4 Å². The Morgan fingerprint density at radius 3 is 2.56 bits per heavy atom. The molecule has 2 heterocycles. The zero-order valence-electron chi connectivity index (χ0n) is 19.5. The number of likely N-dealkylation sites (N-methyl/N-ethyl adjacent to an activating group) is 1.